The Morgan fingerprint density at radius 3 is 2.48 bits per heavy atom. The zero-order valence-electron chi connectivity index (χ0n) is 17.8. The summed E-state index contributed by atoms with van der Waals surface area (Å²) in [4.78, 5) is 17.0. The second-order valence-corrected chi connectivity index (χ2v) is 7.88. The van der Waals surface area contributed by atoms with Crippen LogP contribution in [0.1, 0.15) is 11.1 Å². The molecule has 1 fully saturated rings. The first-order valence-electron chi connectivity index (χ1n) is 10.7. The predicted molar refractivity (Wildman–Crippen MR) is 124 cm³/mol. The maximum atomic E-state index is 12.4. The molecule has 4 rings (SSSR count). The molecule has 0 unspecified atom stereocenters. The number of benzene rings is 2. The van der Waals surface area contributed by atoms with Gasteiger partial charge >= 0.3 is 0 Å². The second-order valence-electron chi connectivity index (χ2n) is 7.88. The Balaban J connectivity index is 1.20. The highest BCUT2D eigenvalue weighted by Gasteiger charge is 2.19. The lowest BCUT2D eigenvalue weighted by Gasteiger charge is -2.33. The lowest BCUT2D eigenvalue weighted by molar-refractivity contribution is -0.117. The third kappa shape index (κ3) is 6.13. The summed E-state index contributed by atoms with van der Waals surface area (Å²) in [5.41, 5.74) is 4.09. The van der Waals surface area contributed by atoms with Crippen LogP contribution in [0, 0.1) is 6.92 Å². The maximum Gasteiger partial charge on any atom is 0.240 e. The van der Waals surface area contributed by atoms with E-state index in [4.69, 9.17) is 4.52 Å². The number of hydrogen-bond donors (Lipinski definition) is 1. The van der Waals surface area contributed by atoms with Gasteiger partial charge in [-0.2, -0.15) is 0 Å². The lowest BCUT2D eigenvalue weighted by Crippen LogP contribution is -2.48. The van der Waals surface area contributed by atoms with Gasteiger partial charge in [-0.15, -0.1) is 0 Å². The molecule has 2 aromatic carbocycles. The van der Waals surface area contributed by atoms with E-state index in [0.717, 1.165) is 38.3 Å². The van der Waals surface area contributed by atoms with Gasteiger partial charge in [-0.3, -0.25) is 19.9 Å². The third-order valence-corrected chi connectivity index (χ3v) is 5.43. The standard InChI is InChI=1S/C25H28N4O2/c1-20-9-11-22(12-10-20)23-18-25(31-27-23)26-24(30)19-29-16-14-28(15-17-29)13-5-8-21-6-3-2-4-7-21/h2-12,18H,13-17,19H2,1H3,(H,26,30)/b8-5+. The largest absolute Gasteiger partial charge is 0.338 e. The Bertz CT molecular complexity index is 1000. The summed E-state index contributed by atoms with van der Waals surface area (Å²) >= 11 is 0. The van der Waals surface area contributed by atoms with Crippen molar-refractivity contribution in [3.63, 3.8) is 0 Å². The first kappa shape index (κ1) is 21.0. The molecule has 1 aromatic heterocycles. The summed E-state index contributed by atoms with van der Waals surface area (Å²) in [7, 11) is 0. The van der Waals surface area contributed by atoms with Gasteiger partial charge in [0.25, 0.3) is 0 Å². The SMILES string of the molecule is Cc1ccc(-c2cc(NC(=O)CN3CCN(C/C=C/c4ccccc4)CC3)on2)cc1. The van der Waals surface area contributed by atoms with E-state index in [1.54, 1.807) is 6.07 Å². The normalized spacial score (nSPS) is 15.4. The summed E-state index contributed by atoms with van der Waals surface area (Å²) < 4.78 is 5.29. The summed E-state index contributed by atoms with van der Waals surface area (Å²) in [6.45, 7) is 6.97. The van der Waals surface area contributed by atoms with Crippen molar-refractivity contribution in [1.82, 2.24) is 15.0 Å². The number of hydrogen-bond acceptors (Lipinski definition) is 5. The van der Waals surface area contributed by atoms with Crippen molar-refractivity contribution in [1.29, 1.82) is 0 Å². The third-order valence-electron chi connectivity index (χ3n) is 5.43. The van der Waals surface area contributed by atoms with Crippen LogP contribution in [-0.2, 0) is 4.79 Å². The molecule has 6 heteroatoms. The van der Waals surface area contributed by atoms with Crippen LogP contribution >= 0.6 is 0 Å². The minimum absolute atomic E-state index is 0.0796. The Morgan fingerprint density at radius 1 is 1.03 bits per heavy atom. The summed E-state index contributed by atoms with van der Waals surface area (Å²) in [6, 6.07) is 20.1. The number of nitrogens with zero attached hydrogens (tertiary/aromatic N) is 3. The van der Waals surface area contributed by atoms with Gasteiger partial charge in [0.05, 0.1) is 6.54 Å². The van der Waals surface area contributed by atoms with Crippen LogP contribution in [0.4, 0.5) is 5.88 Å². The van der Waals surface area contributed by atoms with Crippen molar-refractivity contribution in [2.24, 2.45) is 0 Å². The highest BCUT2D eigenvalue weighted by atomic mass is 16.5. The minimum Gasteiger partial charge on any atom is -0.338 e. The van der Waals surface area contributed by atoms with E-state index in [0.29, 0.717) is 18.1 Å². The van der Waals surface area contributed by atoms with E-state index in [-0.39, 0.29) is 5.91 Å². The molecule has 0 aliphatic carbocycles. The van der Waals surface area contributed by atoms with Gasteiger partial charge in [-0.25, -0.2) is 0 Å². The fourth-order valence-corrected chi connectivity index (χ4v) is 3.61. The van der Waals surface area contributed by atoms with Gasteiger partial charge in [0, 0.05) is 44.4 Å². The molecule has 1 saturated heterocycles. The average Bonchev–Trinajstić information content (AvgIpc) is 3.24. The van der Waals surface area contributed by atoms with Gasteiger partial charge in [0.15, 0.2) is 0 Å². The molecule has 1 aliphatic heterocycles. The van der Waals surface area contributed by atoms with Crippen molar-refractivity contribution in [2.75, 3.05) is 44.6 Å². The van der Waals surface area contributed by atoms with E-state index in [9.17, 15) is 4.79 Å². The number of anilines is 1. The average molecular weight is 417 g/mol. The number of nitrogens with one attached hydrogen (secondary N) is 1. The smallest absolute Gasteiger partial charge is 0.240 e. The van der Waals surface area contributed by atoms with Crippen molar-refractivity contribution >= 4 is 17.9 Å². The van der Waals surface area contributed by atoms with Crippen LogP contribution in [0.2, 0.25) is 0 Å². The van der Waals surface area contributed by atoms with Gasteiger partial charge in [-0.1, -0.05) is 77.5 Å². The van der Waals surface area contributed by atoms with Crippen LogP contribution in [0.5, 0.6) is 0 Å². The molecule has 1 amide bonds. The van der Waals surface area contributed by atoms with E-state index in [2.05, 4.69) is 44.6 Å². The molecule has 0 atom stereocenters. The highest BCUT2D eigenvalue weighted by molar-refractivity contribution is 5.91. The number of amides is 1. The molecule has 1 N–H and O–H groups in total. The van der Waals surface area contributed by atoms with Crippen LogP contribution < -0.4 is 5.32 Å². The molecule has 0 spiro atoms. The number of rotatable bonds is 7. The Hall–Kier alpha value is -3.22. The topological polar surface area (TPSA) is 61.6 Å². The Labute approximate surface area is 183 Å². The van der Waals surface area contributed by atoms with Crippen LogP contribution in [0.15, 0.2) is 71.3 Å². The first-order valence-corrected chi connectivity index (χ1v) is 10.7. The molecule has 2 heterocycles. The first-order chi connectivity index (χ1) is 15.2. The molecule has 3 aromatic rings. The molecular formula is C25H28N4O2. The summed E-state index contributed by atoms with van der Waals surface area (Å²) in [5, 5.41) is 6.88. The van der Waals surface area contributed by atoms with E-state index in [1.807, 2.05) is 49.4 Å². The summed E-state index contributed by atoms with van der Waals surface area (Å²) in [6.07, 6.45) is 4.36. The van der Waals surface area contributed by atoms with E-state index in [1.165, 1.54) is 11.1 Å². The number of carbonyl (C=O) groups is 1. The van der Waals surface area contributed by atoms with Gasteiger partial charge < -0.3 is 4.52 Å². The molecule has 0 bridgehead atoms. The van der Waals surface area contributed by atoms with Crippen molar-refractivity contribution < 1.29 is 9.32 Å². The quantitative estimate of drug-likeness (QED) is 0.633. The maximum absolute atomic E-state index is 12.4. The number of carbonyl (C=O) groups excluding carboxylic acids is 1. The van der Waals surface area contributed by atoms with Crippen LogP contribution in [0.3, 0.4) is 0 Å². The van der Waals surface area contributed by atoms with Crippen molar-refractivity contribution in [3.8, 4) is 11.3 Å². The number of piperazine rings is 1. The predicted octanol–water partition coefficient (Wildman–Crippen LogP) is 3.92. The molecule has 160 valence electrons. The zero-order chi connectivity index (χ0) is 21.5. The van der Waals surface area contributed by atoms with Crippen LogP contribution in [0.25, 0.3) is 17.3 Å². The minimum atomic E-state index is -0.0796. The number of aromatic nitrogens is 1. The van der Waals surface area contributed by atoms with Crippen molar-refractivity contribution in [3.05, 3.63) is 77.9 Å². The molecule has 6 nitrogen and oxygen atoms in total. The van der Waals surface area contributed by atoms with E-state index < -0.39 is 0 Å². The molecule has 31 heavy (non-hydrogen) atoms. The Kier molecular flexibility index (Phi) is 6.92. The molecule has 0 radical (unpaired) electrons. The lowest BCUT2D eigenvalue weighted by atomic mass is 10.1. The van der Waals surface area contributed by atoms with Gasteiger partial charge in [0.2, 0.25) is 11.8 Å². The molecular weight excluding hydrogens is 388 g/mol. The molecule has 0 saturated carbocycles. The fraction of sp³-hybridized carbons (Fsp3) is 0.280. The van der Waals surface area contributed by atoms with Crippen LogP contribution in [-0.4, -0.2) is 60.1 Å². The van der Waals surface area contributed by atoms with Gasteiger partial charge in [0.1, 0.15) is 5.69 Å². The van der Waals surface area contributed by atoms with E-state index >= 15 is 0 Å². The van der Waals surface area contributed by atoms with Gasteiger partial charge in [-0.05, 0) is 12.5 Å². The van der Waals surface area contributed by atoms with Crippen molar-refractivity contribution in [2.45, 2.75) is 6.92 Å². The fourth-order valence-electron chi connectivity index (χ4n) is 3.61. The Morgan fingerprint density at radius 2 is 1.74 bits per heavy atom. The summed E-state index contributed by atoms with van der Waals surface area (Å²) in [5.74, 6) is 0.300. The second kappa shape index (κ2) is 10.2. The number of aryl methyl sites for hydroxylation is 1. The molecule has 1 aliphatic rings. The highest BCUT2D eigenvalue weighted by Crippen LogP contribution is 2.22. The zero-order valence-corrected chi connectivity index (χ0v) is 17.8. The monoisotopic (exact) mass is 416 g/mol.